The van der Waals surface area contributed by atoms with Gasteiger partial charge in [0, 0.05) is 11.9 Å². The predicted octanol–water partition coefficient (Wildman–Crippen LogP) is 2.98. The number of halogens is 3. The van der Waals surface area contributed by atoms with Gasteiger partial charge in [0.25, 0.3) is 0 Å². The fourth-order valence-electron chi connectivity index (χ4n) is 2.32. The summed E-state index contributed by atoms with van der Waals surface area (Å²) in [5, 5.41) is 10.9. The van der Waals surface area contributed by atoms with E-state index < -0.39 is 30.0 Å². The molecule has 110 valence electrons. The summed E-state index contributed by atoms with van der Waals surface area (Å²) in [4.78, 5) is 10.9. The first kappa shape index (κ1) is 15.1. The van der Waals surface area contributed by atoms with Crippen LogP contribution in [0.1, 0.15) is 29.0 Å². The minimum Gasteiger partial charge on any atom is -0.550 e. The lowest BCUT2D eigenvalue weighted by Crippen LogP contribution is -2.26. The van der Waals surface area contributed by atoms with Gasteiger partial charge in [0.2, 0.25) is 0 Å². The van der Waals surface area contributed by atoms with E-state index in [1.807, 2.05) is 0 Å². The predicted molar refractivity (Wildman–Crippen MR) is 69.4 cm³/mol. The lowest BCUT2D eigenvalue weighted by Gasteiger charge is -2.22. The average Bonchev–Trinajstić information content (AvgIpc) is 2.44. The van der Waals surface area contributed by atoms with E-state index in [0.29, 0.717) is 5.56 Å². The topological polar surface area (TPSA) is 40.1 Å². The van der Waals surface area contributed by atoms with Crippen LogP contribution in [0.5, 0.6) is 0 Å². The Kier molecular flexibility index (Phi) is 4.31. The minimum atomic E-state index is -4.53. The maximum atomic E-state index is 13.1. The number of benzene rings is 2. The highest BCUT2D eigenvalue weighted by Gasteiger charge is 2.35. The molecule has 1 unspecified atom stereocenters. The molecule has 0 fully saturated rings. The van der Waals surface area contributed by atoms with Crippen LogP contribution in [0, 0.1) is 0 Å². The van der Waals surface area contributed by atoms with Crippen molar-refractivity contribution in [3.8, 4) is 0 Å². The summed E-state index contributed by atoms with van der Waals surface area (Å²) in [5.74, 6) is -2.28. The zero-order valence-corrected chi connectivity index (χ0v) is 10.9. The third-order valence-electron chi connectivity index (χ3n) is 3.21. The van der Waals surface area contributed by atoms with E-state index in [9.17, 15) is 23.1 Å². The molecule has 0 aliphatic rings. The van der Waals surface area contributed by atoms with Gasteiger partial charge < -0.3 is 9.90 Å². The Morgan fingerprint density at radius 3 is 2.14 bits per heavy atom. The summed E-state index contributed by atoms with van der Waals surface area (Å²) >= 11 is 0. The molecule has 2 aromatic rings. The average molecular weight is 293 g/mol. The number of rotatable bonds is 4. The smallest absolute Gasteiger partial charge is 0.416 e. The molecule has 0 saturated heterocycles. The molecule has 0 aromatic heterocycles. The van der Waals surface area contributed by atoms with Crippen molar-refractivity contribution in [3.63, 3.8) is 0 Å². The molecular formula is C16H12F3O2-. The summed E-state index contributed by atoms with van der Waals surface area (Å²) in [7, 11) is 0. The fraction of sp³-hybridized carbons (Fsp3) is 0.188. The van der Waals surface area contributed by atoms with Crippen molar-refractivity contribution < 1.29 is 23.1 Å². The molecule has 0 spiro atoms. The molecular weight excluding hydrogens is 281 g/mol. The summed E-state index contributed by atoms with van der Waals surface area (Å²) in [6.45, 7) is 0. The first-order valence-electron chi connectivity index (χ1n) is 6.30. The van der Waals surface area contributed by atoms with Crippen LogP contribution < -0.4 is 5.11 Å². The van der Waals surface area contributed by atoms with Crippen LogP contribution in [-0.4, -0.2) is 5.97 Å². The zero-order chi connectivity index (χ0) is 15.5. The van der Waals surface area contributed by atoms with Crippen molar-refractivity contribution in [2.75, 3.05) is 0 Å². The molecule has 21 heavy (non-hydrogen) atoms. The highest BCUT2D eigenvalue weighted by Crippen LogP contribution is 2.38. The molecule has 1 atom stereocenters. The van der Waals surface area contributed by atoms with Crippen molar-refractivity contribution >= 4 is 5.97 Å². The monoisotopic (exact) mass is 293 g/mol. The Bertz CT molecular complexity index is 621. The number of carboxylic acids is 1. The van der Waals surface area contributed by atoms with Gasteiger partial charge in [-0.25, -0.2) is 0 Å². The van der Waals surface area contributed by atoms with Crippen molar-refractivity contribution in [3.05, 3.63) is 71.3 Å². The van der Waals surface area contributed by atoms with E-state index in [1.165, 1.54) is 18.2 Å². The van der Waals surface area contributed by atoms with Crippen LogP contribution in [0.25, 0.3) is 0 Å². The standard InChI is InChI=1S/C16H13F3O2/c17-16(18,19)14-9-5-4-8-12(14)13(10-15(20)21)11-6-2-1-3-7-11/h1-9,13H,10H2,(H,20,21)/p-1. The second-order valence-corrected chi connectivity index (χ2v) is 4.62. The van der Waals surface area contributed by atoms with E-state index in [4.69, 9.17) is 0 Å². The van der Waals surface area contributed by atoms with E-state index in [-0.39, 0.29) is 5.56 Å². The number of hydrogen-bond acceptors (Lipinski definition) is 2. The molecule has 0 amide bonds. The van der Waals surface area contributed by atoms with E-state index in [0.717, 1.165) is 6.07 Å². The third kappa shape index (κ3) is 3.62. The minimum absolute atomic E-state index is 0.0552. The maximum absolute atomic E-state index is 13.1. The number of carbonyl (C=O) groups excluding carboxylic acids is 1. The van der Waals surface area contributed by atoms with Gasteiger partial charge in [-0.3, -0.25) is 0 Å². The van der Waals surface area contributed by atoms with Crippen LogP contribution in [0.15, 0.2) is 54.6 Å². The van der Waals surface area contributed by atoms with Gasteiger partial charge in [-0.2, -0.15) is 13.2 Å². The maximum Gasteiger partial charge on any atom is 0.416 e. The summed E-state index contributed by atoms with van der Waals surface area (Å²) < 4.78 is 39.3. The second-order valence-electron chi connectivity index (χ2n) is 4.62. The zero-order valence-electron chi connectivity index (χ0n) is 10.9. The first-order chi connectivity index (χ1) is 9.89. The molecule has 2 rings (SSSR count). The molecule has 0 saturated carbocycles. The SMILES string of the molecule is O=C([O-])CC(c1ccccc1)c1ccccc1C(F)(F)F. The Labute approximate surface area is 119 Å². The number of carbonyl (C=O) groups is 1. The second kappa shape index (κ2) is 5.99. The largest absolute Gasteiger partial charge is 0.550 e. The Hall–Kier alpha value is -2.30. The van der Waals surface area contributed by atoms with Gasteiger partial charge in [-0.15, -0.1) is 0 Å². The molecule has 0 aliphatic heterocycles. The normalized spacial score (nSPS) is 12.9. The van der Waals surface area contributed by atoms with Crippen molar-refractivity contribution in [2.45, 2.75) is 18.5 Å². The number of hydrogen-bond donors (Lipinski definition) is 0. The number of aliphatic carboxylic acids is 1. The Morgan fingerprint density at radius 2 is 1.57 bits per heavy atom. The van der Waals surface area contributed by atoms with Crippen LogP contribution in [-0.2, 0) is 11.0 Å². The Balaban J connectivity index is 2.55. The number of alkyl halides is 3. The van der Waals surface area contributed by atoms with Crippen LogP contribution in [0.3, 0.4) is 0 Å². The van der Waals surface area contributed by atoms with Gasteiger partial charge in [0.1, 0.15) is 0 Å². The van der Waals surface area contributed by atoms with Gasteiger partial charge in [0.15, 0.2) is 0 Å². The molecule has 0 heterocycles. The third-order valence-corrected chi connectivity index (χ3v) is 3.21. The molecule has 0 radical (unpaired) electrons. The van der Waals surface area contributed by atoms with Crippen molar-refractivity contribution in [2.24, 2.45) is 0 Å². The molecule has 0 N–H and O–H groups in total. The van der Waals surface area contributed by atoms with Crippen LogP contribution in [0.2, 0.25) is 0 Å². The Morgan fingerprint density at radius 1 is 1.00 bits per heavy atom. The van der Waals surface area contributed by atoms with Gasteiger partial charge in [-0.05, 0) is 23.6 Å². The highest BCUT2D eigenvalue weighted by molar-refractivity contribution is 5.67. The molecule has 0 bridgehead atoms. The van der Waals surface area contributed by atoms with Crippen LogP contribution >= 0.6 is 0 Å². The van der Waals surface area contributed by atoms with Gasteiger partial charge >= 0.3 is 6.18 Å². The lowest BCUT2D eigenvalue weighted by atomic mass is 9.85. The van der Waals surface area contributed by atoms with E-state index >= 15 is 0 Å². The van der Waals surface area contributed by atoms with Crippen molar-refractivity contribution in [1.29, 1.82) is 0 Å². The molecule has 2 aromatic carbocycles. The summed E-state index contributed by atoms with van der Waals surface area (Å²) in [6.07, 6.45) is -5.04. The van der Waals surface area contributed by atoms with Gasteiger partial charge in [-0.1, -0.05) is 48.5 Å². The van der Waals surface area contributed by atoms with Gasteiger partial charge in [0.05, 0.1) is 5.56 Å². The number of carboxylic acid groups (broad SMARTS) is 1. The molecule has 0 aliphatic carbocycles. The molecule has 5 heteroatoms. The van der Waals surface area contributed by atoms with E-state index in [2.05, 4.69) is 0 Å². The molecule has 2 nitrogen and oxygen atoms in total. The van der Waals surface area contributed by atoms with E-state index in [1.54, 1.807) is 30.3 Å². The lowest BCUT2D eigenvalue weighted by molar-refractivity contribution is -0.306. The first-order valence-corrected chi connectivity index (χ1v) is 6.30. The van der Waals surface area contributed by atoms with Crippen LogP contribution in [0.4, 0.5) is 13.2 Å². The van der Waals surface area contributed by atoms with Crippen molar-refractivity contribution in [1.82, 2.24) is 0 Å². The highest BCUT2D eigenvalue weighted by atomic mass is 19.4. The quantitative estimate of drug-likeness (QED) is 0.869. The summed E-state index contributed by atoms with van der Waals surface area (Å²) in [5.41, 5.74) is -0.362. The summed E-state index contributed by atoms with van der Waals surface area (Å²) in [6, 6.07) is 13.3. The fourth-order valence-corrected chi connectivity index (χ4v) is 2.32.